The van der Waals surface area contributed by atoms with Crippen molar-refractivity contribution in [3.8, 4) is 0 Å². The number of carbonyl (C=O) groups excluding carboxylic acids is 1. The van der Waals surface area contributed by atoms with Gasteiger partial charge in [0.25, 0.3) is 0 Å². The molecule has 122 valence electrons. The standard InChI is InChI=1S/C14H24N2O3S.ClH/c1-14(2)8-16(5-6-20(14,18)19)13(17)11-9-3-4-10(7-9)12(11)15;/h9-12H,3-8,15H2,1-2H3;1H. The van der Waals surface area contributed by atoms with Crippen molar-refractivity contribution in [2.75, 3.05) is 18.8 Å². The topological polar surface area (TPSA) is 80.5 Å². The van der Waals surface area contributed by atoms with E-state index < -0.39 is 14.6 Å². The highest BCUT2D eigenvalue weighted by molar-refractivity contribution is 7.92. The molecule has 3 fully saturated rings. The van der Waals surface area contributed by atoms with Crippen LogP contribution in [0.3, 0.4) is 0 Å². The van der Waals surface area contributed by atoms with E-state index in [9.17, 15) is 13.2 Å². The van der Waals surface area contributed by atoms with Gasteiger partial charge in [0, 0.05) is 19.1 Å². The lowest BCUT2D eigenvalue weighted by molar-refractivity contribution is -0.138. The fourth-order valence-corrected chi connectivity index (χ4v) is 5.61. The number of carbonyl (C=O) groups is 1. The van der Waals surface area contributed by atoms with Crippen molar-refractivity contribution in [2.45, 2.75) is 43.9 Å². The number of halogens is 1. The number of hydrogen-bond donors (Lipinski definition) is 1. The number of nitrogens with zero attached hydrogens (tertiary/aromatic N) is 1. The van der Waals surface area contributed by atoms with E-state index in [-0.39, 0.29) is 36.0 Å². The molecule has 1 saturated heterocycles. The molecule has 0 aromatic heterocycles. The summed E-state index contributed by atoms with van der Waals surface area (Å²) >= 11 is 0. The molecule has 0 radical (unpaired) electrons. The third kappa shape index (κ3) is 2.59. The molecule has 1 amide bonds. The average molecular weight is 337 g/mol. The van der Waals surface area contributed by atoms with Crippen LogP contribution in [0.2, 0.25) is 0 Å². The van der Waals surface area contributed by atoms with Crippen molar-refractivity contribution in [2.24, 2.45) is 23.5 Å². The quantitative estimate of drug-likeness (QED) is 0.768. The van der Waals surface area contributed by atoms with Crippen LogP contribution in [0.1, 0.15) is 33.1 Å². The number of sulfone groups is 1. The molecule has 0 spiro atoms. The Morgan fingerprint density at radius 1 is 1.24 bits per heavy atom. The van der Waals surface area contributed by atoms with Crippen LogP contribution in [-0.2, 0) is 14.6 Å². The monoisotopic (exact) mass is 336 g/mol. The second kappa shape index (κ2) is 5.39. The van der Waals surface area contributed by atoms with Crippen LogP contribution >= 0.6 is 12.4 Å². The lowest BCUT2D eigenvalue weighted by Crippen LogP contribution is -2.57. The van der Waals surface area contributed by atoms with E-state index in [1.807, 2.05) is 0 Å². The van der Waals surface area contributed by atoms with Crippen molar-refractivity contribution in [1.82, 2.24) is 4.90 Å². The van der Waals surface area contributed by atoms with Crippen LogP contribution in [0.25, 0.3) is 0 Å². The molecular formula is C14H25ClN2O3S. The fourth-order valence-electron chi connectivity index (χ4n) is 4.24. The minimum Gasteiger partial charge on any atom is -0.340 e. The van der Waals surface area contributed by atoms with E-state index >= 15 is 0 Å². The van der Waals surface area contributed by atoms with Gasteiger partial charge in [0.05, 0.1) is 16.4 Å². The largest absolute Gasteiger partial charge is 0.340 e. The maximum Gasteiger partial charge on any atom is 0.227 e. The first-order valence-corrected chi connectivity index (χ1v) is 9.15. The van der Waals surface area contributed by atoms with E-state index in [0.717, 1.165) is 19.3 Å². The lowest BCUT2D eigenvalue weighted by atomic mass is 9.84. The summed E-state index contributed by atoms with van der Waals surface area (Å²) < 4.78 is 23.2. The second-order valence-corrected chi connectivity index (χ2v) is 10.0. The van der Waals surface area contributed by atoms with Gasteiger partial charge >= 0.3 is 0 Å². The van der Waals surface area contributed by atoms with Crippen LogP contribution in [0.5, 0.6) is 0 Å². The third-order valence-corrected chi connectivity index (χ3v) is 8.15. The van der Waals surface area contributed by atoms with Crippen molar-refractivity contribution < 1.29 is 13.2 Å². The van der Waals surface area contributed by atoms with Crippen LogP contribution in [0.15, 0.2) is 0 Å². The van der Waals surface area contributed by atoms with Gasteiger partial charge in [0.2, 0.25) is 5.91 Å². The van der Waals surface area contributed by atoms with Gasteiger partial charge in [-0.3, -0.25) is 4.79 Å². The van der Waals surface area contributed by atoms with Gasteiger partial charge in [-0.05, 0) is 44.9 Å². The summed E-state index contributed by atoms with van der Waals surface area (Å²) in [5, 5.41) is 0. The molecule has 4 atom stereocenters. The van der Waals surface area contributed by atoms with E-state index in [0.29, 0.717) is 24.9 Å². The summed E-state index contributed by atoms with van der Waals surface area (Å²) in [5.41, 5.74) is 6.23. The van der Waals surface area contributed by atoms with Crippen LogP contribution in [-0.4, -0.2) is 48.9 Å². The highest BCUT2D eigenvalue weighted by Crippen LogP contribution is 2.48. The van der Waals surface area contributed by atoms with E-state index in [2.05, 4.69) is 0 Å². The van der Waals surface area contributed by atoms with Gasteiger partial charge in [-0.2, -0.15) is 0 Å². The molecule has 2 bridgehead atoms. The number of fused-ring (bicyclic) bond motifs is 2. The minimum atomic E-state index is -3.10. The van der Waals surface area contributed by atoms with E-state index in [1.54, 1.807) is 18.7 Å². The molecule has 4 unspecified atom stereocenters. The Morgan fingerprint density at radius 2 is 1.86 bits per heavy atom. The Labute approximate surface area is 133 Å². The Bertz CT molecular complexity index is 532. The zero-order valence-electron chi connectivity index (χ0n) is 12.6. The van der Waals surface area contributed by atoms with Gasteiger partial charge in [0.15, 0.2) is 9.84 Å². The molecule has 0 aromatic rings. The highest BCUT2D eigenvalue weighted by Gasteiger charge is 2.51. The maximum absolute atomic E-state index is 12.8. The molecule has 5 nitrogen and oxygen atoms in total. The molecule has 0 aromatic carbocycles. The molecule has 1 heterocycles. The van der Waals surface area contributed by atoms with Gasteiger partial charge < -0.3 is 10.6 Å². The summed E-state index contributed by atoms with van der Waals surface area (Å²) in [4.78, 5) is 14.5. The normalized spacial score (nSPS) is 39.9. The van der Waals surface area contributed by atoms with Crippen LogP contribution < -0.4 is 5.73 Å². The number of hydrogen-bond acceptors (Lipinski definition) is 4. The molecule has 2 aliphatic carbocycles. The van der Waals surface area contributed by atoms with Crippen LogP contribution in [0, 0.1) is 17.8 Å². The molecular weight excluding hydrogens is 312 g/mol. The van der Waals surface area contributed by atoms with E-state index in [1.165, 1.54) is 0 Å². The van der Waals surface area contributed by atoms with Gasteiger partial charge in [-0.15, -0.1) is 12.4 Å². The zero-order chi connectivity index (χ0) is 14.7. The summed E-state index contributed by atoms with van der Waals surface area (Å²) in [6.45, 7) is 4.05. The van der Waals surface area contributed by atoms with Crippen molar-refractivity contribution >= 4 is 28.2 Å². The third-order valence-electron chi connectivity index (χ3n) is 5.62. The molecule has 3 aliphatic rings. The average Bonchev–Trinajstić information content (AvgIpc) is 2.92. The maximum atomic E-state index is 12.8. The zero-order valence-corrected chi connectivity index (χ0v) is 14.3. The summed E-state index contributed by atoms with van der Waals surface area (Å²) in [7, 11) is -3.10. The lowest BCUT2D eigenvalue weighted by Gasteiger charge is -2.40. The van der Waals surface area contributed by atoms with Crippen molar-refractivity contribution in [3.05, 3.63) is 0 Å². The number of rotatable bonds is 1. The minimum absolute atomic E-state index is 0. The van der Waals surface area contributed by atoms with Crippen molar-refractivity contribution in [3.63, 3.8) is 0 Å². The first-order valence-electron chi connectivity index (χ1n) is 7.49. The Balaban J connectivity index is 0.00000161. The predicted molar refractivity (Wildman–Crippen MR) is 84.0 cm³/mol. The van der Waals surface area contributed by atoms with Gasteiger partial charge in [0.1, 0.15) is 0 Å². The van der Waals surface area contributed by atoms with Crippen LogP contribution in [0.4, 0.5) is 0 Å². The molecule has 7 heteroatoms. The number of amides is 1. The highest BCUT2D eigenvalue weighted by atomic mass is 35.5. The molecule has 21 heavy (non-hydrogen) atoms. The second-order valence-electron chi connectivity index (χ2n) is 7.27. The Kier molecular flexibility index (Phi) is 4.37. The molecule has 3 rings (SSSR count). The first-order chi connectivity index (χ1) is 9.23. The Hall–Kier alpha value is -0.330. The molecule has 2 saturated carbocycles. The van der Waals surface area contributed by atoms with Gasteiger partial charge in [-0.25, -0.2) is 8.42 Å². The number of nitrogens with two attached hydrogens (primary N) is 1. The predicted octanol–water partition coefficient (Wildman–Crippen LogP) is 0.817. The molecule has 1 aliphatic heterocycles. The van der Waals surface area contributed by atoms with Crippen molar-refractivity contribution in [1.29, 1.82) is 0 Å². The summed E-state index contributed by atoms with van der Waals surface area (Å²) in [6, 6.07) is -0.0251. The first kappa shape index (κ1) is 17.0. The summed E-state index contributed by atoms with van der Waals surface area (Å²) in [5.74, 6) is 1.000. The molecule has 2 N–H and O–H groups in total. The Morgan fingerprint density at radius 3 is 2.38 bits per heavy atom. The smallest absolute Gasteiger partial charge is 0.227 e. The SMILES string of the molecule is CC1(C)CN(C(=O)C2C3CCC(C3)C2N)CCS1(=O)=O.Cl. The van der Waals surface area contributed by atoms with E-state index in [4.69, 9.17) is 5.73 Å². The fraction of sp³-hybridized carbons (Fsp3) is 0.929. The summed E-state index contributed by atoms with van der Waals surface area (Å²) in [6.07, 6.45) is 3.33. The van der Waals surface area contributed by atoms with Gasteiger partial charge in [-0.1, -0.05) is 0 Å².